The summed E-state index contributed by atoms with van der Waals surface area (Å²) in [5, 5.41) is 2.94. The summed E-state index contributed by atoms with van der Waals surface area (Å²) in [7, 11) is 0. The number of anilines is 1. The normalized spacial score (nSPS) is 25.3. The second kappa shape index (κ2) is 6.41. The van der Waals surface area contributed by atoms with E-state index in [0.29, 0.717) is 19.5 Å². The number of nitrogens with zero attached hydrogens (tertiary/aromatic N) is 2. The highest BCUT2D eigenvalue weighted by atomic mass is 16.2. The molecule has 1 aromatic carbocycles. The highest BCUT2D eigenvalue weighted by Gasteiger charge is 2.52. The van der Waals surface area contributed by atoms with Gasteiger partial charge in [-0.3, -0.25) is 14.5 Å². The summed E-state index contributed by atoms with van der Waals surface area (Å²) in [5.41, 5.74) is 1.34. The molecule has 6 heteroatoms. The van der Waals surface area contributed by atoms with Crippen LogP contribution in [0.3, 0.4) is 0 Å². The molecule has 4 amide bonds. The quantitative estimate of drug-likeness (QED) is 0.848. The number of carbonyl (C=O) groups is 3. The van der Waals surface area contributed by atoms with Crippen LogP contribution in [0.4, 0.5) is 10.5 Å². The lowest BCUT2D eigenvalue weighted by Gasteiger charge is -2.30. The number of hydrogen-bond donors (Lipinski definition) is 1. The molecule has 2 heterocycles. The van der Waals surface area contributed by atoms with Crippen molar-refractivity contribution >= 4 is 23.5 Å². The first-order chi connectivity index (χ1) is 12.5. The molecule has 0 radical (unpaired) electrons. The molecule has 0 aromatic heterocycles. The maximum absolute atomic E-state index is 12.9. The van der Waals surface area contributed by atoms with E-state index in [1.807, 2.05) is 31.2 Å². The molecule has 1 N–H and O–H groups in total. The van der Waals surface area contributed by atoms with E-state index in [0.717, 1.165) is 43.4 Å². The summed E-state index contributed by atoms with van der Waals surface area (Å²) in [6.45, 7) is 2.88. The molecule has 1 saturated carbocycles. The molecule has 2 aliphatic heterocycles. The molecular formula is C20H25N3O3. The second-order valence-corrected chi connectivity index (χ2v) is 7.90. The Morgan fingerprint density at radius 1 is 1.08 bits per heavy atom. The van der Waals surface area contributed by atoms with Gasteiger partial charge in [0.05, 0.1) is 0 Å². The van der Waals surface area contributed by atoms with Crippen LogP contribution in [0.1, 0.15) is 44.1 Å². The molecule has 4 rings (SSSR count). The third-order valence-electron chi connectivity index (χ3n) is 5.94. The first-order valence-electron chi connectivity index (χ1n) is 9.50. The maximum Gasteiger partial charge on any atom is 0.325 e. The third-order valence-corrected chi connectivity index (χ3v) is 5.94. The number of aryl methyl sites for hydroxylation is 1. The molecule has 2 saturated heterocycles. The summed E-state index contributed by atoms with van der Waals surface area (Å²) >= 11 is 0. The van der Waals surface area contributed by atoms with Gasteiger partial charge in [-0.05, 0) is 31.9 Å². The minimum Gasteiger partial charge on any atom is -0.323 e. The Hall–Kier alpha value is -2.37. The van der Waals surface area contributed by atoms with Crippen molar-refractivity contribution in [1.82, 2.24) is 10.2 Å². The highest BCUT2D eigenvalue weighted by Crippen LogP contribution is 2.35. The summed E-state index contributed by atoms with van der Waals surface area (Å²) in [4.78, 5) is 40.8. The van der Waals surface area contributed by atoms with Crippen LogP contribution < -0.4 is 10.2 Å². The molecule has 1 atom stereocenters. The van der Waals surface area contributed by atoms with Crippen LogP contribution >= 0.6 is 0 Å². The van der Waals surface area contributed by atoms with Crippen molar-refractivity contribution in [2.24, 2.45) is 5.92 Å². The Morgan fingerprint density at radius 2 is 1.77 bits per heavy atom. The summed E-state index contributed by atoms with van der Waals surface area (Å²) in [6, 6.07) is 7.57. The standard InChI is InChI=1S/C20H25N3O3/c1-14-5-7-16(8-6-14)22-12-15(11-17(22)24)13-23-18(25)20(21-19(23)26)9-3-2-4-10-20/h5-8,15H,2-4,9-13H2,1H3,(H,21,26). The van der Waals surface area contributed by atoms with E-state index < -0.39 is 5.54 Å². The summed E-state index contributed by atoms with van der Waals surface area (Å²) in [6.07, 6.45) is 4.90. The van der Waals surface area contributed by atoms with Gasteiger partial charge < -0.3 is 10.2 Å². The topological polar surface area (TPSA) is 69.7 Å². The number of imide groups is 1. The first kappa shape index (κ1) is 17.1. The predicted molar refractivity (Wildman–Crippen MR) is 97.7 cm³/mol. The first-order valence-corrected chi connectivity index (χ1v) is 9.50. The van der Waals surface area contributed by atoms with Crippen molar-refractivity contribution in [3.63, 3.8) is 0 Å². The minimum atomic E-state index is -0.686. The molecule has 6 nitrogen and oxygen atoms in total. The van der Waals surface area contributed by atoms with Gasteiger partial charge in [-0.1, -0.05) is 37.0 Å². The van der Waals surface area contributed by atoms with Crippen LogP contribution in [0.15, 0.2) is 24.3 Å². The van der Waals surface area contributed by atoms with Gasteiger partial charge >= 0.3 is 6.03 Å². The molecule has 1 aliphatic carbocycles. The van der Waals surface area contributed by atoms with Crippen molar-refractivity contribution < 1.29 is 14.4 Å². The Morgan fingerprint density at radius 3 is 2.46 bits per heavy atom. The van der Waals surface area contributed by atoms with Crippen molar-refractivity contribution in [2.75, 3.05) is 18.0 Å². The number of benzene rings is 1. The average molecular weight is 355 g/mol. The molecule has 138 valence electrons. The van der Waals surface area contributed by atoms with Crippen molar-refractivity contribution in [2.45, 2.75) is 51.0 Å². The van der Waals surface area contributed by atoms with E-state index in [-0.39, 0.29) is 23.8 Å². The molecular weight excluding hydrogens is 330 g/mol. The Balaban J connectivity index is 1.45. The van der Waals surface area contributed by atoms with Crippen LogP contribution in [0.5, 0.6) is 0 Å². The van der Waals surface area contributed by atoms with Gasteiger partial charge in [0, 0.05) is 31.1 Å². The number of urea groups is 1. The van der Waals surface area contributed by atoms with Crippen molar-refractivity contribution in [3.05, 3.63) is 29.8 Å². The SMILES string of the molecule is Cc1ccc(N2CC(CN3C(=O)NC4(CCCCC4)C3=O)CC2=O)cc1. The zero-order chi connectivity index (χ0) is 18.3. The lowest BCUT2D eigenvalue weighted by atomic mass is 9.81. The van der Waals surface area contributed by atoms with E-state index in [1.54, 1.807) is 4.90 Å². The van der Waals surface area contributed by atoms with E-state index >= 15 is 0 Å². The van der Waals surface area contributed by atoms with Gasteiger partial charge in [0.1, 0.15) is 5.54 Å². The van der Waals surface area contributed by atoms with Crippen molar-refractivity contribution in [1.29, 1.82) is 0 Å². The van der Waals surface area contributed by atoms with Crippen molar-refractivity contribution in [3.8, 4) is 0 Å². The molecule has 0 bridgehead atoms. The second-order valence-electron chi connectivity index (χ2n) is 7.90. The van der Waals surface area contributed by atoms with Crippen LogP contribution in [0.25, 0.3) is 0 Å². The minimum absolute atomic E-state index is 0.0164. The van der Waals surface area contributed by atoms with E-state index in [9.17, 15) is 14.4 Å². The van der Waals surface area contributed by atoms with Crippen LogP contribution in [-0.2, 0) is 9.59 Å². The zero-order valence-corrected chi connectivity index (χ0v) is 15.2. The van der Waals surface area contributed by atoms with Crippen LogP contribution in [-0.4, -0.2) is 41.4 Å². The number of amides is 4. The third kappa shape index (κ3) is 2.87. The number of carbonyl (C=O) groups excluding carboxylic acids is 3. The molecule has 3 fully saturated rings. The fourth-order valence-corrected chi connectivity index (χ4v) is 4.47. The van der Waals surface area contributed by atoms with Gasteiger partial charge in [-0.2, -0.15) is 0 Å². The Labute approximate surface area is 153 Å². The predicted octanol–water partition coefficient (Wildman–Crippen LogP) is 2.60. The van der Waals surface area contributed by atoms with Gasteiger partial charge in [-0.25, -0.2) is 4.79 Å². The number of nitrogens with one attached hydrogen (secondary N) is 1. The van der Waals surface area contributed by atoms with Crippen LogP contribution in [0, 0.1) is 12.8 Å². The van der Waals surface area contributed by atoms with E-state index in [2.05, 4.69) is 5.32 Å². The Kier molecular flexibility index (Phi) is 4.21. The van der Waals surface area contributed by atoms with Gasteiger partial charge in [0.2, 0.25) is 5.91 Å². The maximum atomic E-state index is 12.9. The smallest absolute Gasteiger partial charge is 0.323 e. The Bertz CT molecular complexity index is 737. The van der Waals surface area contributed by atoms with Crippen LogP contribution in [0.2, 0.25) is 0 Å². The van der Waals surface area contributed by atoms with E-state index in [4.69, 9.17) is 0 Å². The highest BCUT2D eigenvalue weighted by molar-refractivity contribution is 6.07. The van der Waals surface area contributed by atoms with Gasteiger partial charge in [-0.15, -0.1) is 0 Å². The fraction of sp³-hybridized carbons (Fsp3) is 0.550. The lowest BCUT2D eigenvalue weighted by Crippen LogP contribution is -2.48. The monoisotopic (exact) mass is 355 g/mol. The van der Waals surface area contributed by atoms with Gasteiger partial charge in [0.15, 0.2) is 0 Å². The molecule has 1 aromatic rings. The lowest BCUT2D eigenvalue weighted by molar-refractivity contribution is -0.133. The molecule has 1 spiro atoms. The number of hydrogen-bond acceptors (Lipinski definition) is 3. The molecule has 3 aliphatic rings. The average Bonchev–Trinajstić information content (AvgIpc) is 3.10. The van der Waals surface area contributed by atoms with Gasteiger partial charge in [0.25, 0.3) is 5.91 Å². The summed E-state index contributed by atoms with van der Waals surface area (Å²) in [5.74, 6) is -0.0565. The zero-order valence-electron chi connectivity index (χ0n) is 15.2. The summed E-state index contributed by atoms with van der Waals surface area (Å²) < 4.78 is 0. The molecule has 26 heavy (non-hydrogen) atoms. The fourth-order valence-electron chi connectivity index (χ4n) is 4.47. The van der Waals surface area contributed by atoms with E-state index in [1.165, 1.54) is 4.90 Å². The largest absolute Gasteiger partial charge is 0.325 e. The molecule has 1 unspecified atom stereocenters. The number of rotatable bonds is 3.